The van der Waals surface area contributed by atoms with Gasteiger partial charge in [-0.1, -0.05) is 0 Å². The largest absolute Gasteiger partial charge is 0.461 e. The number of carbonyl (C=O) groups excluding carboxylic acids is 2. The first-order chi connectivity index (χ1) is 12.6. The predicted octanol–water partition coefficient (Wildman–Crippen LogP) is 0.721. The maximum atomic E-state index is 12.4. The van der Waals surface area contributed by atoms with E-state index in [9.17, 15) is 19.8 Å². The molecule has 0 radical (unpaired) electrons. The number of thioether (sulfide) groups is 1. The molecule has 0 aliphatic carbocycles. The van der Waals surface area contributed by atoms with Crippen LogP contribution in [-0.2, 0) is 28.5 Å². The van der Waals surface area contributed by atoms with Gasteiger partial charge in [-0.2, -0.15) is 11.8 Å². The normalized spacial score (nSPS) is 33.3. The number of hydrogen-bond acceptors (Lipinski definition) is 9. The molecule has 9 heteroatoms. The van der Waals surface area contributed by atoms with Crippen molar-refractivity contribution in [2.45, 2.75) is 77.5 Å². The van der Waals surface area contributed by atoms with Crippen LogP contribution in [0.5, 0.6) is 0 Å². The predicted molar refractivity (Wildman–Crippen MR) is 98.0 cm³/mol. The zero-order chi connectivity index (χ0) is 20.3. The summed E-state index contributed by atoms with van der Waals surface area (Å²) in [6.07, 6.45) is -5.81. The zero-order valence-corrected chi connectivity index (χ0v) is 17.2. The van der Waals surface area contributed by atoms with Crippen LogP contribution in [0.3, 0.4) is 0 Å². The van der Waals surface area contributed by atoms with Crippen LogP contribution in [0.4, 0.5) is 0 Å². The van der Waals surface area contributed by atoms with Crippen molar-refractivity contribution in [3.63, 3.8) is 0 Å². The lowest BCUT2D eigenvalue weighted by atomic mass is 9.88. The summed E-state index contributed by atoms with van der Waals surface area (Å²) in [5.41, 5.74) is 0. The maximum Gasteiger partial charge on any atom is 0.339 e. The standard InChI is InChI=1S/C18H30O8S/c1-8(2)23-16(21)14-15(17(22)24-9(3)4)26-18(25-14)12-7-27-6-11(10(5)19)13(12)20/h8-15,18-20H,6-7H2,1-5H3/t10-,11-,12+,13-,14-,15-/m1/s1. The van der Waals surface area contributed by atoms with Crippen LogP contribution in [0.15, 0.2) is 0 Å². The maximum absolute atomic E-state index is 12.4. The van der Waals surface area contributed by atoms with E-state index >= 15 is 0 Å². The fraction of sp³-hybridized carbons (Fsp3) is 0.889. The third kappa shape index (κ3) is 5.57. The lowest BCUT2D eigenvalue weighted by molar-refractivity contribution is -0.169. The van der Waals surface area contributed by atoms with Crippen LogP contribution >= 0.6 is 11.8 Å². The SMILES string of the molecule is CC(C)OC(=O)[C@@H]1OC([C@H]2CSC[C@H]([C@@H](C)O)[C@H]2O)O[C@H]1C(=O)OC(C)C. The number of rotatable bonds is 6. The molecular weight excluding hydrogens is 376 g/mol. The summed E-state index contributed by atoms with van der Waals surface area (Å²) in [5, 5.41) is 20.5. The van der Waals surface area contributed by atoms with E-state index in [1.807, 2.05) is 0 Å². The minimum Gasteiger partial charge on any atom is -0.461 e. The van der Waals surface area contributed by atoms with Gasteiger partial charge in [-0.05, 0) is 34.6 Å². The summed E-state index contributed by atoms with van der Waals surface area (Å²) >= 11 is 1.56. The van der Waals surface area contributed by atoms with Gasteiger partial charge in [0.25, 0.3) is 0 Å². The molecule has 0 unspecified atom stereocenters. The molecule has 2 saturated heterocycles. The third-order valence-corrected chi connectivity index (χ3v) is 5.71. The van der Waals surface area contributed by atoms with Gasteiger partial charge in [-0.15, -0.1) is 0 Å². The minimum atomic E-state index is -1.26. The Morgan fingerprint density at radius 3 is 1.85 bits per heavy atom. The quantitative estimate of drug-likeness (QED) is 0.616. The Hall–Kier alpha value is -0.870. The molecule has 156 valence electrons. The van der Waals surface area contributed by atoms with Crippen molar-refractivity contribution < 1.29 is 38.7 Å². The van der Waals surface area contributed by atoms with E-state index in [0.29, 0.717) is 11.5 Å². The number of hydrogen-bond donors (Lipinski definition) is 2. The molecule has 2 heterocycles. The molecule has 0 aromatic carbocycles. The summed E-state index contributed by atoms with van der Waals surface area (Å²) in [6, 6.07) is 0. The molecule has 0 spiro atoms. The van der Waals surface area contributed by atoms with Crippen LogP contribution in [0, 0.1) is 11.8 Å². The molecule has 2 aliphatic heterocycles. The minimum absolute atomic E-state index is 0.344. The highest BCUT2D eigenvalue weighted by atomic mass is 32.2. The fourth-order valence-electron chi connectivity index (χ4n) is 3.14. The van der Waals surface area contributed by atoms with Crippen LogP contribution in [0.25, 0.3) is 0 Å². The van der Waals surface area contributed by atoms with Crippen molar-refractivity contribution in [3.05, 3.63) is 0 Å². The molecule has 2 aliphatic rings. The van der Waals surface area contributed by atoms with Gasteiger partial charge in [0, 0.05) is 23.3 Å². The van der Waals surface area contributed by atoms with Gasteiger partial charge in [0.2, 0.25) is 0 Å². The molecule has 8 nitrogen and oxygen atoms in total. The van der Waals surface area contributed by atoms with Crippen LogP contribution in [-0.4, -0.2) is 76.6 Å². The van der Waals surface area contributed by atoms with Gasteiger partial charge in [-0.3, -0.25) is 0 Å². The zero-order valence-electron chi connectivity index (χ0n) is 16.4. The summed E-state index contributed by atoms with van der Waals surface area (Å²) < 4.78 is 21.8. The Kier molecular flexibility index (Phi) is 7.94. The molecule has 0 saturated carbocycles. The van der Waals surface area contributed by atoms with Crippen LogP contribution < -0.4 is 0 Å². The summed E-state index contributed by atoms with van der Waals surface area (Å²) in [6.45, 7) is 8.41. The second-order valence-corrected chi connectivity index (χ2v) is 8.62. The first-order valence-electron chi connectivity index (χ1n) is 9.27. The Labute approximate surface area is 163 Å². The fourth-order valence-corrected chi connectivity index (χ4v) is 4.65. The van der Waals surface area contributed by atoms with Gasteiger partial charge in [0.1, 0.15) is 0 Å². The summed E-state index contributed by atoms with van der Waals surface area (Å²) in [5.74, 6) is -1.11. The van der Waals surface area contributed by atoms with E-state index in [1.54, 1.807) is 46.4 Å². The molecule has 0 aromatic rings. The molecule has 0 amide bonds. The molecule has 2 rings (SSSR count). The van der Waals surface area contributed by atoms with E-state index in [1.165, 1.54) is 0 Å². The van der Waals surface area contributed by atoms with Crippen molar-refractivity contribution in [2.24, 2.45) is 11.8 Å². The van der Waals surface area contributed by atoms with E-state index in [2.05, 4.69) is 0 Å². The van der Waals surface area contributed by atoms with Crippen LogP contribution in [0.2, 0.25) is 0 Å². The van der Waals surface area contributed by atoms with Gasteiger partial charge in [0.05, 0.1) is 24.4 Å². The number of aliphatic hydroxyl groups excluding tert-OH is 2. The lowest BCUT2D eigenvalue weighted by Crippen LogP contribution is -2.47. The Morgan fingerprint density at radius 2 is 1.44 bits per heavy atom. The molecular formula is C18H30O8S. The third-order valence-electron chi connectivity index (χ3n) is 4.47. The van der Waals surface area contributed by atoms with Crippen molar-refractivity contribution in [1.82, 2.24) is 0 Å². The molecule has 2 N–H and O–H groups in total. The first kappa shape index (κ1) is 22.4. The molecule has 2 fully saturated rings. The second kappa shape index (κ2) is 9.56. The van der Waals surface area contributed by atoms with Crippen molar-refractivity contribution >= 4 is 23.7 Å². The first-order valence-corrected chi connectivity index (χ1v) is 10.4. The highest BCUT2D eigenvalue weighted by Gasteiger charge is 2.52. The van der Waals surface area contributed by atoms with E-state index < -0.39 is 48.6 Å². The number of aliphatic hydroxyl groups is 2. The monoisotopic (exact) mass is 406 g/mol. The van der Waals surface area contributed by atoms with Crippen molar-refractivity contribution in [1.29, 1.82) is 0 Å². The Bertz CT molecular complexity index is 493. The smallest absolute Gasteiger partial charge is 0.339 e. The van der Waals surface area contributed by atoms with Gasteiger partial charge in [0.15, 0.2) is 18.5 Å². The van der Waals surface area contributed by atoms with E-state index in [0.717, 1.165) is 0 Å². The number of esters is 2. The van der Waals surface area contributed by atoms with Crippen LogP contribution in [0.1, 0.15) is 34.6 Å². The van der Waals surface area contributed by atoms with E-state index in [-0.39, 0.29) is 18.1 Å². The van der Waals surface area contributed by atoms with Gasteiger partial charge >= 0.3 is 11.9 Å². The molecule has 6 atom stereocenters. The molecule has 0 bridgehead atoms. The second-order valence-electron chi connectivity index (χ2n) is 7.55. The highest BCUT2D eigenvalue weighted by molar-refractivity contribution is 7.99. The van der Waals surface area contributed by atoms with Crippen molar-refractivity contribution in [2.75, 3.05) is 11.5 Å². The molecule has 0 aromatic heterocycles. The topological polar surface area (TPSA) is 112 Å². The van der Waals surface area contributed by atoms with Gasteiger partial charge in [-0.25, -0.2) is 9.59 Å². The van der Waals surface area contributed by atoms with Gasteiger partial charge < -0.3 is 29.2 Å². The molecule has 27 heavy (non-hydrogen) atoms. The Morgan fingerprint density at radius 1 is 0.963 bits per heavy atom. The summed E-state index contributed by atoms with van der Waals surface area (Å²) in [4.78, 5) is 24.8. The van der Waals surface area contributed by atoms with Crippen molar-refractivity contribution in [3.8, 4) is 0 Å². The average molecular weight is 406 g/mol. The number of ether oxygens (including phenoxy) is 4. The van der Waals surface area contributed by atoms with E-state index in [4.69, 9.17) is 18.9 Å². The summed E-state index contributed by atoms with van der Waals surface area (Å²) in [7, 11) is 0. The lowest BCUT2D eigenvalue weighted by Gasteiger charge is -2.37. The highest BCUT2D eigenvalue weighted by Crippen LogP contribution is 2.37. The number of carbonyl (C=O) groups is 2. The average Bonchev–Trinajstić information content (AvgIpc) is 2.98. The Balaban J connectivity index is 2.17.